The quantitative estimate of drug-likeness (QED) is 0.832. The zero-order valence-corrected chi connectivity index (χ0v) is 14.0. The molecule has 6 heteroatoms. The molecule has 1 N–H and O–H groups in total. The zero-order valence-electron chi connectivity index (χ0n) is 13.2. The first-order valence-electron chi connectivity index (χ1n) is 7.43. The lowest BCUT2D eigenvalue weighted by molar-refractivity contribution is -0.130. The Hall–Kier alpha value is -1.46. The molecular weight excluding hydrogens is 304 g/mol. The second-order valence-electron chi connectivity index (χ2n) is 5.34. The van der Waals surface area contributed by atoms with Crippen molar-refractivity contribution in [3.63, 3.8) is 0 Å². The number of hydrogen-bond acceptors (Lipinski definition) is 4. The minimum atomic E-state index is 0. The van der Waals surface area contributed by atoms with Crippen LogP contribution in [0.2, 0.25) is 0 Å². The van der Waals surface area contributed by atoms with E-state index < -0.39 is 0 Å². The van der Waals surface area contributed by atoms with Crippen molar-refractivity contribution >= 4 is 18.3 Å². The maximum absolute atomic E-state index is 12.0. The number of likely N-dealkylation sites (N-methyl/N-ethyl adjacent to an activating group) is 1. The predicted octanol–water partition coefficient (Wildman–Crippen LogP) is 2.10. The molecule has 0 bridgehead atoms. The van der Waals surface area contributed by atoms with E-state index in [1.807, 2.05) is 31.3 Å². The monoisotopic (exact) mass is 328 g/mol. The fourth-order valence-corrected chi connectivity index (χ4v) is 2.39. The van der Waals surface area contributed by atoms with Gasteiger partial charge in [0.05, 0.1) is 13.7 Å². The molecule has 1 aliphatic rings. The number of nitrogens with zero attached hydrogens (tertiary/aromatic N) is 1. The van der Waals surface area contributed by atoms with Gasteiger partial charge in [-0.15, -0.1) is 12.4 Å². The van der Waals surface area contributed by atoms with E-state index in [2.05, 4.69) is 5.32 Å². The summed E-state index contributed by atoms with van der Waals surface area (Å²) in [6.45, 7) is 2.12. The summed E-state index contributed by atoms with van der Waals surface area (Å²) in [7, 11) is 3.46. The van der Waals surface area contributed by atoms with Crippen LogP contribution in [0.3, 0.4) is 0 Å². The number of methoxy groups -OCH3 is 1. The summed E-state index contributed by atoms with van der Waals surface area (Å²) in [5, 5.41) is 3.34. The number of benzene rings is 1. The molecule has 0 radical (unpaired) electrons. The van der Waals surface area contributed by atoms with Gasteiger partial charge in [-0.1, -0.05) is 0 Å². The first-order valence-corrected chi connectivity index (χ1v) is 7.43. The van der Waals surface area contributed by atoms with Gasteiger partial charge in [-0.05, 0) is 43.7 Å². The van der Waals surface area contributed by atoms with Crippen LogP contribution in [-0.2, 0) is 4.79 Å². The average molecular weight is 329 g/mol. The van der Waals surface area contributed by atoms with E-state index >= 15 is 0 Å². The molecule has 124 valence electrons. The standard InChI is InChI=1S/C16H24N2O3.ClH/c1-18(16(19)12-13-4-3-9-17-13)10-11-21-15-7-5-14(20-2)6-8-15;/h5-8,13,17H,3-4,9-12H2,1-2H3;1H. The summed E-state index contributed by atoms with van der Waals surface area (Å²) >= 11 is 0. The number of ether oxygens (including phenoxy) is 2. The molecule has 1 saturated heterocycles. The van der Waals surface area contributed by atoms with E-state index in [1.54, 1.807) is 12.0 Å². The first-order chi connectivity index (χ1) is 10.2. The summed E-state index contributed by atoms with van der Waals surface area (Å²) in [5.41, 5.74) is 0. The first kappa shape index (κ1) is 18.6. The van der Waals surface area contributed by atoms with Crippen molar-refractivity contribution in [1.82, 2.24) is 10.2 Å². The van der Waals surface area contributed by atoms with Gasteiger partial charge in [-0.3, -0.25) is 4.79 Å². The van der Waals surface area contributed by atoms with Gasteiger partial charge in [0.25, 0.3) is 0 Å². The van der Waals surface area contributed by atoms with Crippen molar-refractivity contribution in [1.29, 1.82) is 0 Å². The van der Waals surface area contributed by atoms with E-state index in [-0.39, 0.29) is 18.3 Å². The van der Waals surface area contributed by atoms with Gasteiger partial charge >= 0.3 is 0 Å². The van der Waals surface area contributed by atoms with E-state index in [4.69, 9.17) is 9.47 Å². The Balaban J connectivity index is 0.00000242. The maximum atomic E-state index is 12.0. The molecule has 1 aromatic rings. The van der Waals surface area contributed by atoms with Crippen LogP contribution in [0, 0.1) is 0 Å². The van der Waals surface area contributed by atoms with E-state index in [9.17, 15) is 4.79 Å². The number of halogens is 1. The van der Waals surface area contributed by atoms with E-state index in [0.29, 0.717) is 25.6 Å². The number of amides is 1. The Morgan fingerprint density at radius 3 is 2.59 bits per heavy atom. The molecule has 1 atom stereocenters. The topological polar surface area (TPSA) is 50.8 Å². The van der Waals surface area contributed by atoms with Crippen LogP contribution in [0.1, 0.15) is 19.3 Å². The summed E-state index contributed by atoms with van der Waals surface area (Å²) in [6.07, 6.45) is 2.85. The lowest BCUT2D eigenvalue weighted by atomic mass is 10.1. The van der Waals surface area contributed by atoms with E-state index in [0.717, 1.165) is 24.5 Å². The molecule has 0 aromatic heterocycles. The van der Waals surface area contributed by atoms with Gasteiger partial charge in [-0.25, -0.2) is 0 Å². The lowest BCUT2D eigenvalue weighted by Crippen LogP contribution is -2.35. The molecule has 1 amide bonds. The van der Waals surface area contributed by atoms with Crippen LogP contribution in [0.25, 0.3) is 0 Å². The molecule has 1 heterocycles. The van der Waals surface area contributed by atoms with Gasteiger partial charge in [0.2, 0.25) is 5.91 Å². The smallest absolute Gasteiger partial charge is 0.223 e. The molecule has 0 aliphatic carbocycles. The molecule has 2 rings (SSSR count). The molecule has 1 aliphatic heterocycles. The predicted molar refractivity (Wildman–Crippen MR) is 89.0 cm³/mol. The van der Waals surface area contributed by atoms with Crippen LogP contribution < -0.4 is 14.8 Å². The summed E-state index contributed by atoms with van der Waals surface area (Å²) in [6, 6.07) is 7.79. The Labute approximate surface area is 138 Å². The molecule has 0 saturated carbocycles. The third-order valence-corrected chi connectivity index (χ3v) is 3.76. The number of rotatable bonds is 7. The Kier molecular flexibility index (Phi) is 8.06. The van der Waals surface area contributed by atoms with Gasteiger partial charge in [0.15, 0.2) is 0 Å². The van der Waals surface area contributed by atoms with Gasteiger partial charge in [-0.2, -0.15) is 0 Å². The third-order valence-electron chi connectivity index (χ3n) is 3.76. The fraction of sp³-hybridized carbons (Fsp3) is 0.562. The van der Waals surface area contributed by atoms with Crippen molar-refractivity contribution in [2.24, 2.45) is 0 Å². The van der Waals surface area contributed by atoms with Crippen LogP contribution in [0.5, 0.6) is 11.5 Å². The second kappa shape index (κ2) is 9.54. The highest BCUT2D eigenvalue weighted by atomic mass is 35.5. The lowest BCUT2D eigenvalue weighted by Gasteiger charge is -2.19. The van der Waals surface area contributed by atoms with Crippen molar-refractivity contribution in [2.45, 2.75) is 25.3 Å². The number of carbonyl (C=O) groups is 1. The molecule has 1 fully saturated rings. The fourth-order valence-electron chi connectivity index (χ4n) is 2.39. The Bertz CT molecular complexity index is 447. The summed E-state index contributed by atoms with van der Waals surface area (Å²) in [4.78, 5) is 13.8. The second-order valence-corrected chi connectivity index (χ2v) is 5.34. The van der Waals surface area contributed by atoms with Crippen molar-refractivity contribution < 1.29 is 14.3 Å². The van der Waals surface area contributed by atoms with E-state index in [1.165, 1.54) is 6.42 Å². The van der Waals surface area contributed by atoms with Crippen molar-refractivity contribution in [3.05, 3.63) is 24.3 Å². The zero-order chi connectivity index (χ0) is 15.1. The van der Waals surface area contributed by atoms with Crippen LogP contribution >= 0.6 is 12.4 Å². The number of hydrogen-bond donors (Lipinski definition) is 1. The summed E-state index contributed by atoms with van der Waals surface area (Å²) in [5.74, 6) is 1.76. The molecule has 0 spiro atoms. The van der Waals surface area contributed by atoms with Crippen LogP contribution in [0.15, 0.2) is 24.3 Å². The molecule has 1 aromatic carbocycles. The Morgan fingerprint density at radius 2 is 2.00 bits per heavy atom. The van der Waals surface area contributed by atoms with Crippen molar-refractivity contribution in [3.8, 4) is 11.5 Å². The SMILES string of the molecule is COc1ccc(OCCN(C)C(=O)CC2CCCN2)cc1.Cl. The normalized spacial score (nSPS) is 16.7. The number of nitrogens with one attached hydrogen (secondary N) is 1. The van der Waals surface area contributed by atoms with Crippen LogP contribution in [-0.4, -0.2) is 50.7 Å². The van der Waals surface area contributed by atoms with Gasteiger partial charge in [0.1, 0.15) is 18.1 Å². The van der Waals surface area contributed by atoms with Gasteiger partial charge < -0.3 is 19.7 Å². The Morgan fingerprint density at radius 1 is 1.32 bits per heavy atom. The molecule has 5 nitrogen and oxygen atoms in total. The molecule has 22 heavy (non-hydrogen) atoms. The maximum Gasteiger partial charge on any atom is 0.223 e. The largest absolute Gasteiger partial charge is 0.497 e. The molecule has 1 unspecified atom stereocenters. The average Bonchev–Trinajstić information content (AvgIpc) is 3.00. The minimum Gasteiger partial charge on any atom is -0.497 e. The number of carbonyl (C=O) groups excluding carboxylic acids is 1. The molecular formula is C16H25ClN2O3. The van der Waals surface area contributed by atoms with Crippen molar-refractivity contribution in [2.75, 3.05) is 33.9 Å². The highest BCUT2D eigenvalue weighted by Crippen LogP contribution is 2.17. The third kappa shape index (κ3) is 5.73. The highest BCUT2D eigenvalue weighted by Gasteiger charge is 2.19. The van der Waals surface area contributed by atoms with Gasteiger partial charge in [0, 0.05) is 19.5 Å². The summed E-state index contributed by atoms with van der Waals surface area (Å²) < 4.78 is 10.7. The highest BCUT2D eigenvalue weighted by molar-refractivity contribution is 5.85. The van der Waals surface area contributed by atoms with Crippen LogP contribution in [0.4, 0.5) is 0 Å². The minimum absolute atomic E-state index is 0.